The summed E-state index contributed by atoms with van der Waals surface area (Å²) in [5, 5.41) is 0. The number of piperidine rings is 1. The van der Waals surface area contributed by atoms with E-state index in [4.69, 9.17) is 22.7 Å². The van der Waals surface area contributed by atoms with Crippen molar-refractivity contribution >= 4 is 29.0 Å². The molecular formula is C13H26N2OS2. The zero-order chi connectivity index (χ0) is 13.4. The number of hydrogen-bond acceptors (Lipinski definition) is 4. The zero-order valence-corrected chi connectivity index (χ0v) is 13.2. The van der Waals surface area contributed by atoms with Gasteiger partial charge in [0, 0.05) is 13.2 Å². The normalized spacial score (nSPS) is 19.9. The maximum absolute atomic E-state index is 5.88. The molecule has 0 spiro atoms. The van der Waals surface area contributed by atoms with Crippen LogP contribution in [-0.4, -0.2) is 53.7 Å². The lowest BCUT2D eigenvalue weighted by Crippen LogP contribution is -2.49. The van der Waals surface area contributed by atoms with Crippen molar-refractivity contribution in [2.24, 2.45) is 5.73 Å². The molecule has 0 saturated carbocycles. The quantitative estimate of drug-likeness (QED) is 0.548. The summed E-state index contributed by atoms with van der Waals surface area (Å²) < 4.78 is 5.64. The Kier molecular flexibility index (Phi) is 7.53. The molecule has 18 heavy (non-hydrogen) atoms. The third kappa shape index (κ3) is 4.68. The van der Waals surface area contributed by atoms with Crippen molar-refractivity contribution in [2.45, 2.75) is 37.4 Å². The molecule has 1 fully saturated rings. The number of nitrogens with two attached hydrogens (primary N) is 1. The predicted octanol–water partition coefficient (Wildman–Crippen LogP) is 2.29. The van der Waals surface area contributed by atoms with E-state index in [0.29, 0.717) is 4.99 Å². The van der Waals surface area contributed by atoms with Gasteiger partial charge in [-0.1, -0.05) is 25.6 Å². The van der Waals surface area contributed by atoms with E-state index in [9.17, 15) is 0 Å². The lowest BCUT2D eigenvalue weighted by Gasteiger charge is -2.40. The number of thioether (sulfide) groups is 1. The van der Waals surface area contributed by atoms with Gasteiger partial charge < -0.3 is 15.4 Å². The molecule has 0 aliphatic carbocycles. The first-order chi connectivity index (χ1) is 8.64. The molecule has 0 aromatic rings. The van der Waals surface area contributed by atoms with Crippen molar-refractivity contribution in [3.05, 3.63) is 0 Å². The van der Waals surface area contributed by atoms with Gasteiger partial charge in [-0.15, -0.1) is 0 Å². The SMILES string of the molecule is CCCCOCCN1CCC(SC)(C(N)=S)CC1. The van der Waals surface area contributed by atoms with Crippen LogP contribution in [0.2, 0.25) is 0 Å². The molecule has 0 bridgehead atoms. The van der Waals surface area contributed by atoms with Crippen LogP contribution in [0.4, 0.5) is 0 Å². The molecule has 106 valence electrons. The number of rotatable bonds is 8. The highest BCUT2D eigenvalue weighted by Gasteiger charge is 2.36. The van der Waals surface area contributed by atoms with Crippen LogP contribution in [0.1, 0.15) is 32.6 Å². The summed E-state index contributed by atoms with van der Waals surface area (Å²) >= 11 is 7.03. The molecule has 0 aromatic carbocycles. The van der Waals surface area contributed by atoms with E-state index in [2.05, 4.69) is 18.1 Å². The monoisotopic (exact) mass is 290 g/mol. The van der Waals surface area contributed by atoms with Gasteiger partial charge in [0.1, 0.15) is 0 Å². The second kappa shape index (κ2) is 8.35. The average molecular weight is 290 g/mol. The van der Waals surface area contributed by atoms with Crippen molar-refractivity contribution in [1.29, 1.82) is 0 Å². The van der Waals surface area contributed by atoms with Crippen LogP contribution in [0.3, 0.4) is 0 Å². The molecule has 1 rings (SSSR count). The fourth-order valence-corrected chi connectivity index (χ4v) is 3.48. The van der Waals surface area contributed by atoms with Gasteiger partial charge in [-0.05, 0) is 38.6 Å². The lowest BCUT2D eigenvalue weighted by molar-refractivity contribution is 0.0934. The highest BCUT2D eigenvalue weighted by molar-refractivity contribution is 8.02. The summed E-state index contributed by atoms with van der Waals surface area (Å²) in [5.41, 5.74) is 5.88. The Morgan fingerprint density at radius 2 is 2.06 bits per heavy atom. The predicted molar refractivity (Wildman–Crippen MR) is 84.4 cm³/mol. The molecule has 0 amide bonds. The molecule has 0 radical (unpaired) electrons. The van der Waals surface area contributed by atoms with E-state index in [1.165, 1.54) is 6.42 Å². The maximum atomic E-state index is 5.88. The van der Waals surface area contributed by atoms with Crippen LogP contribution >= 0.6 is 24.0 Å². The van der Waals surface area contributed by atoms with Crippen molar-refractivity contribution in [3.8, 4) is 0 Å². The third-order valence-corrected chi connectivity index (χ3v) is 5.63. The summed E-state index contributed by atoms with van der Waals surface area (Å²) in [7, 11) is 0. The van der Waals surface area contributed by atoms with E-state index < -0.39 is 0 Å². The number of unbranched alkanes of at least 4 members (excludes halogenated alkanes) is 1. The van der Waals surface area contributed by atoms with Crippen molar-refractivity contribution in [1.82, 2.24) is 4.90 Å². The molecule has 0 atom stereocenters. The first-order valence-corrected chi connectivity index (χ1v) is 8.43. The fourth-order valence-electron chi connectivity index (χ4n) is 2.23. The van der Waals surface area contributed by atoms with E-state index in [1.807, 2.05) is 11.8 Å². The van der Waals surface area contributed by atoms with Crippen LogP contribution in [0, 0.1) is 0 Å². The molecule has 0 unspecified atom stereocenters. The van der Waals surface area contributed by atoms with Gasteiger partial charge >= 0.3 is 0 Å². The second-order valence-electron chi connectivity index (χ2n) is 4.87. The minimum absolute atomic E-state index is 0.0366. The smallest absolute Gasteiger partial charge is 0.0891 e. The van der Waals surface area contributed by atoms with Crippen molar-refractivity contribution < 1.29 is 4.74 Å². The Bertz CT molecular complexity index is 253. The number of likely N-dealkylation sites (tertiary alicyclic amines) is 1. The number of nitrogens with zero attached hydrogens (tertiary/aromatic N) is 1. The summed E-state index contributed by atoms with van der Waals surface area (Å²) in [6, 6.07) is 0. The van der Waals surface area contributed by atoms with Gasteiger partial charge in [0.2, 0.25) is 0 Å². The van der Waals surface area contributed by atoms with Gasteiger partial charge in [-0.2, -0.15) is 11.8 Å². The number of thiocarbonyl (C=S) groups is 1. The maximum Gasteiger partial charge on any atom is 0.0891 e. The van der Waals surface area contributed by atoms with Crippen molar-refractivity contribution in [3.63, 3.8) is 0 Å². The van der Waals surface area contributed by atoms with Crippen LogP contribution < -0.4 is 5.73 Å². The molecular weight excluding hydrogens is 264 g/mol. The first kappa shape index (κ1) is 16.2. The van der Waals surface area contributed by atoms with E-state index in [1.54, 1.807) is 0 Å². The summed E-state index contributed by atoms with van der Waals surface area (Å²) in [6.45, 7) is 7.12. The molecule has 1 aliphatic rings. The lowest BCUT2D eigenvalue weighted by atomic mass is 9.95. The molecule has 3 nitrogen and oxygen atoms in total. The molecule has 1 saturated heterocycles. The summed E-state index contributed by atoms with van der Waals surface area (Å²) in [4.78, 5) is 3.13. The van der Waals surface area contributed by atoms with E-state index >= 15 is 0 Å². The van der Waals surface area contributed by atoms with Gasteiger partial charge in [-0.25, -0.2) is 0 Å². The summed E-state index contributed by atoms with van der Waals surface area (Å²) in [6.07, 6.45) is 6.62. The molecule has 5 heteroatoms. The molecule has 1 heterocycles. The highest BCUT2D eigenvalue weighted by Crippen LogP contribution is 2.34. The fraction of sp³-hybridized carbons (Fsp3) is 0.923. The van der Waals surface area contributed by atoms with E-state index in [0.717, 1.165) is 52.1 Å². The van der Waals surface area contributed by atoms with E-state index in [-0.39, 0.29) is 4.75 Å². The van der Waals surface area contributed by atoms with Gasteiger partial charge in [0.25, 0.3) is 0 Å². The summed E-state index contributed by atoms with van der Waals surface area (Å²) in [5.74, 6) is 0. The average Bonchev–Trinajstić information content (AvgIpc) is 2.39. The molecule has 0 aromatic heterocycles. The Balaban J connectivity index is 2.20. The standard InChI is InChI=1S/C13H26N2OS2/c1-3-4-10-16-11-9-15-7-5-13(18-2,6-8-15)12(14)17/h3-11H2,1-2H3,(H2,14,17). The Labute approximate surface area is 121 Å². The second-order valence-corrected chi connectivity index (χ2v) is 6.50. The number of hydrogen-bond donors (Lipinski definition) is 1. The van der Waals surface area contributed by atoms with Crippen LogP contribution in [0.15, 0.2) is 0 Å². The van der Waals surface area contributed by atoms with Gasteiger partial charge in [0.15, 0.2) is 0 Å². The van der Waals surface area contributed by atoms with Crippen LogP contribution in [0.25, 0.3) is 0 Å². The zero-order valence-electron chi connectivity index (χ0n) is 11.6. The van der Waals surface area contributed by atoms with Crippen LogP contribution in [-0.2, 0) is 4.74 Å². The number of ether oxygens (including phenoxy) is 1. The first-order valence-electron chi connectivity index (χ1n) is 6.80. The van der Waals surface area contributed by atoms with Gasteiger partial charge in [-0.3, -0.25) is 0 Å². The largest absolute Gasteiger partial charge is 0.392 e. The Hall–Kier alpha value is 0.160. The minimum Gasteiger partial charge on any atom is -0.392 e. The third-order valence-electron chi connectivity index (χ3n) is 3.70. The van der Waals surface area contributed by atoms with Crippen LogP contribution in [0.5, 0.6) is 0 Å². The highest BCUT2D eigenvalue weighted by atomic mass is 32.2. The molecule has 2 N–H and O–H groups in total. The minimum atomic E-state index is 0.0366. The Morgan fingerprint density at radius 1 is 1.39 bits per heavy atom. The molecule has 1 aliphatic heterocycles. The van der Waals surface area contributed by atoms with Crippen molar-refractivity contribution in [2.75, 3.05) is 39.1 Å². The van der Waals surface area contributed by atoms with Gasteiger partial charge in [0.05, 0.1) is 16.3 Å². The Morgan fingerprint density at radius 3 is 2.56 bits per heavy atom. The topological polar surface area (TPSA) is 38.5 Å².